The molecule has 0 saturated heterocycles. The molecule has 164 valence electrons. The van der Waals surface area contributed by atoms with Crippen molar-refractivity contribution in [3.8, 4) is 0 Å². The number of nitrogens with one attached hydrogen (secondary N) is 4. The number of sulfonamides is 1. The molecule has 0 saturated carbocycles. The van der Waals surface area contributed by atoms with Gasteiger partial charge in [0.2, 0.25) is 0 Å². The molecular weight excluding hydrogens is 440 g/mol. The molecule has 0 bridgehead atoms. The summed E-state index contributed by atoms with van der Waals surface area (Å²) < 4.78 is 27.6. The Hall–Kier alpha value is -2.17. The Labute approximate surface area is 187 Å². The third-order valence-electron chi connectivity index (χ3n) is 3.89. The minimum absolute atomic E-state index is 0.105. The molecule has 1 aromatic heterocycles. The molecule has 0 aliphatic rings. The predicted octanol–water partition coefficient (Wildman–Crippen LogP) is 3.87. The first-order valence-corrected chi connectivity index (χ1v) is 12.1. The van der Waals surface area contributed by atoms with Crippen LogP contribution in [-0.4, -0.2) is 25.0 Å². The Morgan fingerprint density at radius 2 is 1.70 bits per heavy atom. The smallest absolute Gasteiger partial charge is 0.271 e. The molecule has 1 amide bonds. The van der Waals surface area contributed by atoms with Crippen LogP contribution in [0.25, 0.3) is 0 Å². The molecule has 2 rings (SSSR count). The molecule has 7 nitrogen and oxygen atoms in total. The first-order chi connectivity index (χ1) is 13.8. The lowest BCUT2D eigenvalue weighted by Gasteiger charge is -2.34. The summed E-state index contributed by atoms with van der Waals surface area (Å²) in [5.74, 6) is -0.516. The Bertz CT molecular complexity index is 995. The molecule has 0 unspecified atom stereocenters. The number of amides is 1. The van der Waals surface area contributed by atoms with Gasteiger partial charge in [-0.15, -0.1) is 11.3 Å². The minimum atomic E-state index is -3.77. The van der Waals surface area contributed by atoms with Crippen molar-refractivity contribution in [3.63, 3.8) is 0 Å². The van der Waals surface area contributed by atoms with E-state index in [0.29, 0.717) is 0 Å². The van der Waals surface area contributed by atoms with Gasteiger partial charge < -0.3 is 5.32 Å². The molecular formula is C20H28N4O3S3. The van der Waals surface area contributed by atoms with Crippen molar-refractivity contribution in [2.75, 3.05) is 4.72 Å². The van der Waals surface area contributed by atoms with Gasteiger partial charge in [0.15, 0.2) is 5.11 Å². The largest absolute Gasteiger partial charge is 0.356 e. The average Bonchev–Trinajstić information content (AvgIpc) is 3.13. The highest BCUT2D eigenvalue weighted by Crippen LogP contribution is 2.26. The van der Waals surface area contributed by atoms with Crippen LogP contribution >= 0.6 is 23.6 Å². The second kappa shape index (κ2) is 9.32. The van der Waals surface area contributed by atoms with Crippen molar-refractivity contribution in [3.05, 3.63) is 47.3 Å². The maximum absolute atomic E-state index is 12.6. The lowest BCUT2D eigenvalue weighted by atomic mass is 9.82. The van der Waals surface area contributed by atoms with E-state index < -0.39 is 15.9 Å². The number of hydrazine groups is 1. The Balaban J connectivity index is 2.04. The van der Waals surface area contributed by atoms with Crippen LogP contribution in [-0.2, 0) is 10.0 Å². The Kier molecular flexibility index (Phi) is 7.49. The van der Waals surface area contributed by atoms with Crippen LogP contribution in [0.4, 0.5) is 5.69 Å². The van der Waals surface area contributed by atoms with Crippen molar-refractivity contribution < 1.29 is 13.2 Å². The monoisotopic (exact) mass is 468 g/mol. The number of para-hydroxylation sites is 1. The summed E-state index contributed by atoms with van der Waals surface area (Å²) >= 11 is 6.38. The van der Waals surface area contributed by atoms with E-state index in [4.69, 9.17) is 12.2 Å². The molecule has 10 heteroatoms. The fourth-order valence-electron chi connectivity index (χ4n) is 3.27. The fraction of sp³-hybridized carbons (Fsp3) is 0.400. The average molecular weight is 469 g/mol. The van der Waals surface area contributed by atoms with E-state index in [1.165, 1.54) is 18.2 Å². The third-order valence-corrected chi connectivity index (χ3v) is 6.86. The minimum Gasteiger partial charge on any atom is -0.356 e. The normalized spacial score (nSPS) is 12.2. The molecule has 1 heterocycles. The van der Waals surface area contributed by atoms with Gasteiger partial charge in [-0.2, -0.15) is 0 Å². The Morgan fingerprint density at radius 3 is 2.30 bits per heavy atom. The van der Waals surface area contributed by atoms with Crippen LogP contribution in [0.3, 0.4) is 0 Å². The summed E-state index contributed by atoms with van der Waals surface area (Å²) in [5, 5.41) is 5.13. The highest BCUT2D eigenvalue weighted by atomic mass is 32.2. The highest BCUT2D eigenvalue weighted by Gasteiger charge is 2.26. The summed E-state index contributed by atoms with van der Waals surface area (Å²) in [4.78, 5) is 12.6. The van der Waals surface area contributed by atoms with Gasteiger partial charge in [0, 0.05) is 5.54 Å². The van der Waals surface area contributed by atoms with Crippen molar-refractivity contribution in [1.29, 1.82) is 0 Å². The molecule has 0 aliphatic heterocycles. The van der Waals surface area contributed by atoms with E-state index in [2.05, 4.69) is 41.7 Å². The molecule has 0 spiro atoms. The van der Waals surface area contributed by atoms with Gasteiger partial charge >= 0.3 is 0 Å². The van der Waals surface area contributed by atoms with Gasteiger partial charge in [-0.05, 0) is 61.5 Å². The van der Waals surface area contributed by atoms with Crippen molar-refractivity contribution in [2.24, 2.45) is 5.41 Å². The third kappa shape index (κ3) is 7.26. The molecule has 1 aromatic carbocycles. The summed E-state index contributed by atoms with van der Waals surface area (Å²) in [6.07, 6.45) is 0.864. The number of rotatable bonds is 6. The zero-order valence-electron chi connectivity index (χ0n) is 17.7. The lowest BCUT2D eigenvalue weighted by Crippen LogP contribution is -2.54. The highest BCUT2D eigenvalue weighted by molar-refractivity contribution is 7.94. The number of hydrogen-bond donors (Lipinski definition) is 4. The van der Waals surface area contributed by atoms with Gasteiger partial charge in [0.25, 0.3) is 15.9 Å². The zero-order chi connectivity index (χ0) is 22.6. The van der Waals surface area contributed by atoms with Crippen LogP contribution in [0.2, 0.25) is 0 Å². The number of benzene rings is 1. The number of hydrogen-bond acceptors (Lipinski definition) is 5. The number of thiocarbonyl (C=S) groups is 1. The summed E-state index contributed by atoms with van der Waals surface area (Å²) in [6.45, 7) is 10.5. The standard InChI is InChI=1S/C20H28N4O3S3/c1-19(2,3)13-20(4,5)21-18(28)23-22-17(25)14-9-6-7-10-15(14)24-30(26,27)16-11-8-12-29-16/h6-12,24H,13H2,1-5H3,(H,22,25)(H2,21,23,28). The van der Waals surface area contributed by atoms with E-state index >= 15 is 0 Å². The number of anilines is 1. The SMILES string of the molecule is CC(C)(C)CC(C)(C)NC(=S)NNC(=O)c1ccccc1NS(=O)(=O)c1cccs1. The van der Waals surface area contributed by atoms with Crippen molar-refractivity contribution >= 4 is 50.3 Å². The van der Waals surface area contributed by atoms with Crippen LogP contribution < -0.4 is 20.9 Å². The van der Waals surface area contributed by atoms with Gasteiger partial charge in [-0.1, -0.05) is 39.0 Å². The number of carbonyl (C=O) groups is 1. The molecule has 0 atom stereocenters. The van der Waals surface area contributed by atoms with E-state index in [0.717, 1.165) is 17.8 Å². The zero-order valence-corrected chi connectivity index (χ0v) is 20.1. The lowest BCUT2D eigenvalue weighted by molar-refractivity contribution is 0.0944. The molecule has 0 fully saturated rings. The molecule has 0 aliphatic carbocycles. The van der Waals surface area contributed by atoms with E-state index in [1.54, 1.807) is 23.6 Å². The van der Waals surface area contributed by atoms with Crippen LogP contribution in [0.15, 0.2) is 46.0 Å². The number of thiophene rings is 1. The van der Waals surface area contributed by atoms with Crippen LogP contribution in [0, 0.1) is 5.41 Å². The molecule has 30 heavy (non-hydrogen) atoms. The Morgan fingerprint density at radius 1 is 1.03 bits per heavy atom. The first kappa shape index (κ1) is 24.1. The second-order valence-electron chi connectivity index (χ2n) is 8.74. The van der Waals surface area contributed by atoms with Gasteiger partial charge in [-0.3, -0.25) is 20.4 Å². The maximum Gasteiger partial charge on any atom is 0.271 e. The van der Waals surface area contributed by atoms with E-state index in [-0.39, 0.29) is 31.5 Å². The molecule has 0 radical (unpaired) electrons. The predicted molar refractivity (Wildman–Crippen MR) is 126 cm³/mol. The molecule has 4 N–H and O–H groups in total. The van der Waals surface area contributed by atoms with E-state index in [9.17, 15) is 13.2 Å². The molecule has 2 aromatic rings. The quantitative estimate of drug-likeness (QED) is 0.379. The van der Waals surface area contributed by atoms with Crippen LogP contribution in [0.5, 0.6) is 0 Å². The first-order valence-electron chi connectivity index (χ1n) is 9.33. The summed E-state index contributed by atoms with van der Waals surface area (Å²) in [6, 6.07) is 9.52. The van der Waals surface area contributed by atoms with Gasteiger partial charge in [-0.25, -0.2) is 8.42 Å². The van der Waals surface area contributed by atoms with Gasteiger partial charge in [0.1, 0.15) is 4.21 Å². The maximum atomic E-state index is 12.6. The second-order valence-corrected chi connectivity index (χ2v) is 12.0. The number of carbonyl (C=O) groups excluding carboxylic acids is 1. The van der Waals surface area contributed by atoms with Crippen molar-refractivity contribution in [1.82, 2.24) is 16.2 Å². The summed E-state index contributed by atoms with van der Waals surface area (Å²) in [5.41, 5.74) is 5.38. The fourth-order valence-corrected chi connectivity index (χ4v) is 5.67. The topological polar surface area (TPSA) is 99.3 Å². The van der Waals surface area contributed by atoms with Crippen LogP contribution in [0.1, 0.15) is 51.4 Å². The van der Waals surface area contributed by atoms with Crippen molar-refractivity contribution in [2.45, 2.75) is 50.8 Å². The van der Waals surface area contributed by atoms with Gasteiger partial charge in [0.05, 0.1) is 11.3 Å². The summed E-state index contributed by atoms with van der Waals surface area (Å²) in [7, 11) is -3.77. The van der Waals surface area contributed by atoms with E-state index in [1.807, 2.05) is 13.8 Å².